The number of nitrogens with one attached hydrogen (secondary N) is 1. The van der Waals surface area contributed by atoms with Gasteiger partial charge in [0.25, 0.3) is 0 Å². The summed E-state index contributed by atoms with van der Waals surface area (Å²) in [6.07, 6.45) is -3.04. The molecule has 0 bridgehead atoms. The van der Waals surface area contributed by atoms with Gasteiger partial charge in [0, 0.05) is 6.54 Å². The number of likely N-dealkylation sites (N-methyl/N-ethyl adjacent to an activating group) is 1. The number of likely N-dealkylation sites (tertiary alicyclic amines) is 1. The van der Waals surface area contributed by atoms with E-state index in [1.165, 1.54) is 0 Å². The van der Waals surface area contributed by atoms with Gasteiger partial charge in [-0.15, -0.1) is 0 Å². The summed E-state index contributed by atoms with van der Waals surface area (Å²) in [6, 6.07) is 1.97. The van der Waals surface area contributed by atoms with Crippen molar-refractivity contribution in [2.75, 3.05) is 26.7 Å². The van der Waals surface area contributed by atoms with E-state index in [1.807, 2.05) is 11.0 Å². The molecule has 1 saturated heterocycles. The van der Waals surface area contributed by atoms with Crippen molar-refractivity contribution < 1.29 is 13.2 Å². The Labute approximate surface area is 86.9 Å². The lowest BCUT2D eigenvalue weighted by Gasteiger charge is -2.37. The molecule has 0 aromatic carbocycles. The van der Waals surface area contributed by atoms with Gasteiger partial charge < -0.3 is 4.90 Å². The van der Waals surface area contributed by atoms with E-state index in [2.05, 4.69) is 5.32 Å². The van der Waals surface area contributed by atoms with Crippen molar-refractivity contribution in [1.29, 1.82) is 5.26 Å². The van der Waals surface area contributed by atoms with Gasteiger partial charge in [-0.25, -0.2) is 0 Å². The van der Waals surface area contributed by atoms with Gasteiger partial charge in [0.1, 0.15) is 5.54 Å². The number of piperidine rings is 1. The van der Waals surface area contributed by atoms with Crippen molar-refractivity contribution in [3.8, 4) is 6.07 Å². The van der Waals surface area contributed by atoms with Crippen LogP contribution in [0.2, 0.25) is 0 Å². The smallest absolute Gasteiger partial charge is 0.303 e. The molecule has 1 N–H and O–H groups in total. The number of nitriles is 1. The summed E-state index contributed by atoms with van der Waals surface area (Å²) in [7, 11) is 1.81. The van der Waals surface area contributed by atoms with Gasteiger partial charge in [0.05, 0.1) is 12.6 Å². The van der Waals surface area contributed by atoms with Crippen LogP contribution in [0.3, 0.4) is 0 Å². The van der Waals surface area contributed by atoms with Gasteiger partial charge in [-0.2, -0.15) is 18.4 Å². The molecule has 1 aliphatic heterocycles. The largest absolute Gasteiger partial charge is 0.401 e. The highest BCUT2D eigenvalue weighted by molar-refractivity contribution is 5.10. The summed E-state index contributed by atoms with van der Waals surface area (Å²) in [5.41, 5.74) is -1.04. The Kier molecular flexibility index (Phi) is 3.58. The van der Waals surface area contributed by atoms with Crippen molar-refractivity contribution >= 4 is 0 Å². The van der Waals surface area contributed by atoms with Crippen LogP contribution < -0.4 is 5.32 Å². The van der Waals surface area contributed by atoms with Crippen LogP contribution in [-0.2, 0) is 0 Å². The lowest BCUT2D eigenvalue weighted by atomic mass is 9.91. The van der Waals surface area contributed by atoms with Crippen LogP contribution >= 0.6 is 0 Å². The molecule has 0 aromatic rings. The molecule has 1 atom stereocenters. The second-order valence-electron chi connectivity index (χ2n) is 4.00. The highest BCUT2D eigenvalue weighted by Gasteiger charge is 2.38. The first-order valence-corrected chi connectivity index (χ1v) is 4.78. The molecular formula is C9H14F3N3. The normalized spacial score (nSPS) is 28.7. The minimum absolute atomic E-state index is 0.347. The molecule has 86 valence electrons. The molecule has 1 heterocycles. The highest BCUT2D eigenvalue weighted by Crippen LogP contribution is 2.21. The molecule has 0 aliphatic carbocycles. The van der Waals surface area contributed by atoms with E-state index in [4.69, 9.17) is 5.26 Å². The van der Waals surface area contributed by atoms with E-state index in [0.29, 0.717) is 13.0 Å². The van der Waals surface area contributed by atoms with E-state index in [1.54, 1.807) is 7.05 Å². The van der Waals surface area contributed by atoms with Crippen molar-refractivity contribution in [3.05, 3.63) is 0 Å². The van der Waals surface area contributed by atoms with Crippen molar-refractivity contribution in [1.82, 2.24) is 10.2 Å². The van der Waals surface area contributed by atoms with Gasteiger partial charge in [0.2, 0.25) is 0 Å². The minimum Gasteiger partial charge on any atom is -0.303 e. The number of hydrogen-bond acceptors (Lipinski definition) is 3. The van der Waals surface area contributed by atoms with Gasteiger partial charge in [-0.3, -0.25) is 5.32 Å². The second-order valence-corrected chi connectivity index (χ2v) is 4.00. The lowest BCUT2D eigenvalue weighted by Crippen LogP contribution is -2.57. The Balaban J connectivity index is 2.57. The van der Waals surface area contributed by atoms with Crippen LogP contribution in [0.25, 0.3) is 0 Å². The predicted molar refractivity (Wildman–Crippen MR) is 49.1 cm³/mol. The maximum absolute atomic E-state index is 12.0. The molecule has 1 rings (SSSR count). The number of alkyl halides is 3. The molecule has 0 saturated carbocycles. The molecule has 1 aliphatic rings. The molecule has 0 spiro atoms. The average molecular weight is 221 g/mol. The highest BCUT2D eigenvalue weighted by atomic mass is 19.4. The molecule has 15 heavy (non-hydrogen) atoms. The summed E-state index contributed by atoms with van der Waals surface area (Å²) >= 11 is 0. The fourth-order valence-electron chi connectivity index (χ4n) is 1.81. The van der Waals surface area contributed by atoms with E-state index in [-0.39, 0.29) is 0 Å². The first kappa shape index (κ1) is 12.3. The monoisotopic (exact) mass is 221 g/mol. The summed E-state index contributed by atoms with van der Waals surface area (Å²) in [5.74, 6) is 0. The number of nitrogens with zero attached hydrogens (tertiary/aromatic N) is 2. The average Bonchev–Trinajstić information content (AvgIpc) is 2.14. The van der Waals surface area contributed by atoms with E-state index >= 15 is 0 Å². The Morgan fingerprint density at radius 3 is 2.67 bits per heavy atom. The second kappa shape index (κ2) is 4.37. The molecule has 6 heteroatoms. The van der Waals surface area contributed by atoms with Crippen molar-refractivity contribution in [2.24, 2.45) is 0 Å². The SMILES string of the molecule is CN1CCCC(C#N)(NCC(F)(F)F)C1. The van der Waals surface area contributed by atoms with Gasteiger partial charge >= 0.3 is 6.18 Å². The Hall–Kier alpha value is -0.800. The minimum atomic E-state index is -4.26. The first-order chi connectivity index (χ1) is 6.87. The molecule has 0 amide bonds. The third-order valence-corrected chi connectivity index (χ3v) is 2.52. The summed E-state index contributed by atoms with van der Waals surface area (Å²) in [6.45, 7) is 0.0745. The summed E-state index contributed by atoms with van der Waals surface area (Å²) < 4.78 is 36.1. The molecule has 1 fully saturated rings. The van der Waals surface area contributed by atoms with E-state index in [9.17, 15) is 13.2 Å². The molecule has 3 nitrogen and oxygen atoms in total. The van der Waals surface area contributed by atoms with Crippen LogP contribution in [0.15, 0.2) is 0 Å². The lowest BCUT2D eigenvalue weighted by molar-refractivity contribution is -0.128. The Morgan fingerprint density at radius 1 is 1.53 bits per heavy atom. The summed E-state index contributed by atoms with van der Waals surface area (Å²) in [5, 5.41) is 11.3. The quantitative estimate of drug-likeness (QED) is 0.759. The fraction of sp³-hybridized carbons (Fsp3) is 0.889. The molecule has 0 radical (unpaired) electrons. The number of hydrogen-bond donors (Lipinski definition) is 1. The van der Waals surface area contributed by atoms with Gasteiger partial charge in [-0.1, -0.05) is 0 Å². The third-order valence-electron chi connectivity index (χ3n) is 2.52. The third kappa shape index (κ3) is 3.68. The van der Waals surface area contributed by atoms with Crippen LogP contribution in [0.1, 0.15) is 12.8 Å². The number of halogens is 3. The Bertz CT molecular complexity index is 258. The maximum atomic E-state index is 12.0. The first-order valence-electron chi connectivity index (χ1n) is 4.78. The van der Waals surface area contributed by atoms with Crippen LogP contribution in [0.5, 0.6) is 0 Å². The zero-order valence-electron chi connectivity index (χ0n) is 8.56. The number of rotatable bonds is 2. The topological polar surface area (TPSA) is 39.1 Å². The summed E-state index contributed by atoms with van der Waals surface area (Å²) in [4.78, 5) is 1.87. The standard InChI is InChI=1S/C9H14F3N3/c1-15-4-2-3-8(5-13,7-15)14-6-9(10,11)12/h14H,2-4,6-7H2,1H3. The predicted octanol–water partition coefficient (Wildman–Crippen LogP) is 1.13. The van der Waals surface area contributed by atoms with Crippen molar-refractivity contribution in [3.63, 3.8) is 0 Å². The van der Waals surface area contributed by atoms with Gasteiger partial charge in [-0.05, 0) is 26.4 Å². The molecule has 1 unspecified atom stereocenters. The van der Waals surface area contributed by atoms with Gasteiger partial charge in [0.15, 0.2) is 0 Å². The van der Waals surface area contributed by atoms with Crippen LogP contribution in [-0.4, -0.2) is 43.3 Å². The van der Waals surface area contributed by atoms with Crippen LogP contribution in [0.4, 0.5) is 13.2 Å². The fourth-order valence-corrected chi connectivity index (χ4v) is 1.81. The molecule has 0 aromatic heterocycles. The maximum Gasteiger partial charge on any atom is 0.401 e. The zero-order valence-corrected chi connectivity index (χ0v) is 8.56. The van der Waals surface area contributed by atoms with Crippen LogP contribution in [0, 0.1) is 11.3 Å². The molecular weight excluding hydrogens is 207 g/mol. The van der Waals surface area contributed by atoms with E-state index in [0.717, 1.165) is 13.0 Å². The Morgan fingerprint density at radius 2 is 2.20 bits per heavy atom. The van der Waals surface area contributed by atoms with E-state index < -0.39 is 18.3 Å². The zero-order chi connectivity index (χ0) is 11.5. The van der Waals surface area contributed by atoms with Crippen molar-refractivity contribution in [2.45, 2.75) is 24.6 Å².